The molecule has 2 amide bonds. The monoisotopic (exact) mass is 316 g/mol. The van der Waals surface area contributed by atoms with Gasteiger partial charge in [0.05, 0.1) is 12.5 Å². The summed E-state index contributed by atoms with van der Waals surface area (Å²) in [6.07, 6.45) is 0.873. The van der Waals surface area contributed by atoms with Crippen LogP contribution in [0, 0.1) is 5.41 Å². The molecule has 1 saturated heterocycles. The van der Waals surface area contributed by atoms with E-state index in [4.69, 9.17) is 5.11 Å². The summed E-state index contributed by atoms with van der Waals surface area (Å²) in [5.74, 6) is 0.706. The van der Waals surface area contributed by atoms with Gasteiger partial charge in [-0.1, -0.05) is 20.8 Å². The van der Waals surface area contributed by atoms with Crippen LogP contribution in [0.25, 0.3) is 0 Å². The maximum Gasteiger partial charge on any atom is 0.318 e. The fourth-order valence-corrected chi connectivity index (χ4v) is 4.09. The standard InChI is InChI=1S/C15H28N2O3S/c1-14(2,3)10-15(4,5)16-13(20)17-6-7-21-9-11(17)8-12(18)19/h11H,6-10H2,1-5H3,(H,16,20)(H,18,19). The number of nitrogens with one attached hydrogen (secondary N) is 1. The molecule has 1 unspecified atom stereocenters. The van der Waals surface area contributed by atoms with Gasteiger partial charge in [0, 0.05) is 23.6 Å². The number of hydrogen-bond acceptors (Lipinski definition) is 3. The third kappa shape index (κ3) is 6.59. The molecule has 0 bridgehead atoms. The molecular weight excluding hydrogens is 288 g/mol. The van der Waals surface area contributed by atoms with E-state index < -0.39 is 5.97 Å². The van der Waals surface area contributed by atoms with Gasteiger partial charge >= 0.3 is 12.0 Å². The van der Waals surface area contributed by atoms with Gasteiger partial charge in [0.25, 0.3) is 0 Å². The van der Waals surface area contributed by atoms with Crippen LogP contribution in [-0.4, -0.2) is 51.6 Å². The van der Waals surface area contributed by atoms with Crippen LogP contribution in [0.2, 0.25) is 0 Å². The van der Waals surface area contributed by atoms with Crippen molar-refractivity contribution >= 4 is 23.8 Å². The number of aliphatic carboxylic acids is 1. The topological polar surface area (TPSA) is 69.6 Å². The minimum absolute atomic E-state index is 0.0140. The normalized spacial score (nSPS) is 20.2. The molecule has 6 heteroatoms. The molecule has 1 atom stereocenters. The predicted octanol–water partition coefficient (Wildman–Crippen LogP) is 2.80. The van der Waals surface area contributed by atoms with E-state index in [0.717, 1.165) is 12.2 Å². The van der Waals surface area contributed by atoms with Gasteiger partial charge in [-0.25, -0.2) is 4.79 Å². The van der Waals surface area contributed by atoms with Crippen molar-refractivity contribution in [2.75, 3.05) is 18.1 Å². The zero-order chi connectivity index (χ0) is 16.3. The fraction of sp³-hybridized carbons (Fsp3) is 0.867. The van der Waals surface area contributed by atoms with Crippen LogP contribution in [0.1, 0.15) is 47.5 Å². The van der Waals surface area contributed by atoms with E-state index in [1.807, 2.05) is 13.8 Å². The van der Waals surface area contributed by atoms with Crippen LogP contribution in [0.15, 0.2) is 0 Å². The average molecular weight is 316 g/mol. The molecule has 2 N–H and O–H groups in total. The van der Waals surface area contributed by atoms with E-state index >= 15 is 0 Å². The number of nitrogens with zero attached hydrogens (tertiary/aromatic N) is 1. The van der Waals surface area contributed by atoms with Gasteiger partial charge in [-0.2, -0.15) is 11.8 Å². The number of carbonyl (C=O) groups excluding carboxylic acids is 1. The van der Waals surface area contributed by atoms with Crippen LogP contribution in [0.4, 0.5) is 4.79 Å². The van der Waals surface area contributed by atoms with Crippen LogP contribution < -0.4 is 5.32 Å². The predicted molar refractivity (Wildman–Crippen MR) is 86.8 cm³/mol. The number of hydrogen-bond donors (Lipinski definition) is 2. The first-order valence-electron chi connectivity index (χ1n) is 7.38. The number of carboxylic acid groups (broad SMARTS) is 1. The molecule has 1 fully saturated rings. The lowest BCUT2D eigenvalue weighted by atomic mass is 9.82. The summed E-state index contributed by atoms with van der Waals surface area (Å²) < 4.78 is 0. The third-order valence-corrected chi connectivity index (χ3v) is 4.41. The molecule has 0 radical (unpaired) electrons. The Labute approximate surface area is 131 Å². The Morgan fingerprint density at radius 3 is 2.43 bits per heavy atom. The Bertz CT molecular complexity index is 391. The third-order valence-electron chi connectivity index (χ3n) is 3.32. The van der Waals surface area contributed by atoms with Crippen molar-refractivity contribution in [1.82, 2.24) is 10.2 Å². The number of carboxylic acids is 1. The van der Waals surface area contributed by atoms with E-state index in [9.17, 15) is 9.59 Å². The molecule has 21 heavy (non-hydrogen) atoms. The van der Waals surface area contributed by atoms with Gasteiger partial charge in [0.2, 0.25) is 0 Å². The van der Waals surface area contributed by atoms with Crippen molar-refractivity contribution in [2.45, 2.75) is 59.0 Å². The average Bonchev–Trinajstić information content (AvgIpc) is 2.24. The highest BCUT2D eigenvalue weighted by Gasteiger charge is 2.33. The van der Waals surface area contributed by atoms with Gasteiger partial charge in [-0.15, -0.1) is 0 Å². The molecule has 1 aliphatic heterocycles. The van der Waals surface area contributed by atoms with Gasteiger partial charge < -0.3 is 15.3 Å². The summed E-state index contributed by atoms with van der Waals surface area (Å²) in [5, 5.41) is 12.1. The summed E-state index contributed by atoms with van der Waals surface area (Å²) in [6, 6.07) is -0.359. The van der Waals surface area contributed by atoms with E-state index in [1.165, 1.54) is 0 Å². The van der Waals surface area contributed by atoms with E-state index in [-0.39, 0.29) is 29.4 Å². The molecule has 0 aliphatic carbocycles. The summed E-state index contributed by atoms with van der Waals surface area (Å²) >= 11 is 1.71. The van der Waals surface area contributed by atoms with Gasteiger partial charge in [0.1, 0.15) is 0 Å². The summed E-state index contributed by atoms with van der Waals surface area (Å²) in [4.78, 5) is 25.1. The van der Waals surface area contributed by atoms with Crippen molar-refractivity contribution in [3.05, 3.63) is 0 Å². The molecule has 0 aromatic heterocycles. The molecule has 1 rings (SSSR count). The maximum atomic E-state index is 12.5. The van der Waals surface area contributed by atoms with Crippen molar-refractivity contribution < 1.29 is 14.7 Å². The van der Waals surface area contributed by atoms with Crippen LogP contribution >= 0.6 is 11.8 Å². The smallest absolute Gasteiger partial charge is 0.318 e. The largest absolute Gasteiger partial charge is 0.481 e. The van der Waals surface area contributed by atoms with Crippen molar-refractivity contribution in [2.24, 2.45) is 5.41 Å². The minimum atomic E-state index is -0.853. The lowest BCUT2D eigenvalue weighted by molar-refractivity contribution is -0.138. The van der Waals surface area contributed by atoms with Crippen LogP contribution in [0.5, 0.6) is 0 Å². The van der Waals surface area contributed by atoms with E-state index in [2.05, 4.69) is 26.1 Å². The first-order chi connectivity index (χ1) is 9.50. The van der Waals surface area contributed by atoms with Gasteiger partial charge in [0.15, 0.2) is 0 Å². The number of amides is 2. The molecule has 1 aliphatic rings. The zero-order valence-electron chi connectivity index (χ0n) is 13.7. The number of thioether (sulfide) groups is 1. The van der Waals surface area contributed by atoms with Crippen molar-refractivity contribution in [1.29, 1.82) is 0 Å². The first kappa shape index (κ1) is 18.1. The van der Waals surface area contributed by atoms with Crippen LogP contribution in [0.3, 0.4) is 0 Å². The highest BCUT2D eigenvalue weighted by molar-refractivity contribution is 7.99. The summed E-state index contributed by atoms with van der Waals surface area (Å²) in [7, 11) is 0. The number of carbonyl (C=O) groups is 2. The van der Waals surface area contributed by atoms with E-state index in [1.54, 1.807) is 16.7 Å². The molecule has 0 spiro atoms. The Balaban J connectivity index is 2.69. The van der Waals surface area contributed by atoms with Crippen LogP contribution in [-0.2, 0) is 4.79 Å². The SMILES string of the molecule is CC(C)(C)CC(C)(C)NC(=O)N1CCSCC1CC(=O)O. The molecule has 0 saturated carbocycles. The Hall–Kier alpha value is -0.910. The Morgan fingerprint density at radius 2 is 1.90 bits per heavy atom. The lowest BCUT2D eigenvalue weighted by Gasteiger charge is -2.39. The molecule has 122 valence electrons. The molecule has 1 heterocycles. The van der Waals surface area contributed by atoms with Gasteiger partial charge in [-0.3, -0.25) is 4.79 Å². The summed E-state index contributed by atoms with van der Waals surface area (Å²) in [5.41, 5.74) is -0.192. The highest BCUT2D eigenvalue weighted by atomic mass is 32.2. The summed E-state index contributed by atoms with van der Waals surface area (Å²) in [6.45, 7) is 11.1. The Kier molecular flexibility index (Phi) is 5.96. The van der Waals surface area contributed by atoms with Crippen molar-refractivity contribution in [3.8, 4) is 0 Å². The first-order valence-corrected chi connectivity index (χ1v) is 8.54. The zero-order valence-corrected chi connectivity index (χ0v) is 14.5. The minimum Gasteiger partial charge on any atom is -0.481 e. The van der Waals surface area contributed by atoms with Crippen molar-refractivity contribution in [3.63, 3.8) is 0 Å². The molecule has 5 nitrogen and oxygen atoms in total. The maximum absolute atomic E-state index is 12.5. The highest BCUT2D eigenvalue weighted by Crippen LogP contribution is 2.27. The number of rotatable bonds is 4. The second-order valence-electron chi connectivity index (χ2n) is 7.57. The second-order valence-corrected chi connectivity index (χ2v) is 8.72. The lowest BCUT2D eigenvalue weighted by Crippen LogP contribution is -2.56. The molecule has 0 aromatic carbocycles. The molecule has 0 aromatic rings. The fourth-order valence-electron chi connectivity index (χ4n) is 3.02. The number of urea groups is 1. The quantitative estimate of drug-likeness (QED) is 0.837. The van der Waals surface area contributed by atoms with Gasteiger partial charge in [-0.05, 0) is 25.7 Å². The second kappa shape index (κ2) is 6.90. The Morgan fingerprint density at radius 1 is 1.29 bits per heavy atom. The molecular formula is C15H28N2O3S. The van der Waals surface area contributed by atoms with E-state index in [0.29, 0.717) is 12.3 Å².